The Morgan fingerprint density at radius 3 is 3.00 bits per heavy atom. The molecule has 0 radical (unpaired) electrons. The average molecular weight is 334 g/mol. The minimum absolute atomic E-state index is 0.338. The Morgan fingerprint density at radius 2 is 2.24 bits per heavy atom. The fourth-order valence-corrected chi connectivity index (χ4v) is 3.73. The second-order valence-electron chi connectivity index (χ2n) is 6.73. The number of nitrogens with zero attached hydrogens (tertiary/aromatic N) is 4. The molecule has 0 saturated carbocycles. The lowest BCUT2D eigenvalue weighted by atomic mass is 9.97. The van der Waals surface area contributed by atoms with Crippen LogP contribution < -0.4 is 0 Å². The van der Waals surface area contributed by atoms with Gasteiger partial charge in [-0.2, -0.15) is 5.26 Å². The van der Waals surface area contributed by atoms with E-state index in [1.807, 2.05) is 34.9 Å². The highest BCUT2D eigenvalue weighted by Crippen LogP contribution is 2.29. The zero-order valence-electron chi connectivity index (χ0n) is 14.5. The van der Waals surface area contributed by atoms with Crippen molar-refractivity contribution < 1.29 is 4.42 Å². The summed E-state index contributed by atoms with van der Waals surface area (Å²) < 4.78 is 7.99. The lowest BCUT2D eigenvalue weighted by molar-refractivity contribution is 0.187. The highest BCUT2D eigenvalue weighted by molar-refractivity contribution is 5.72. The van der Waals surface area contributed by atoms with Gasteiger partial charge < -0.3 is 8.98 Å². The minimum atomic E-state index is 0.338. The van der Waals surface area contributed by atoms with Crippen molar-refractivity contribution in [3.05, 3.63) is 53.7 Å². The monoisotopic (exact) mass is 334 g/mol. The first-order chi connectivity index (χ1) is 12.3. The SMILES string of the molecule is CCn1cc(CN2CCCC(c3nc4ccccc4o3)C2)cc1C#N. The largest absolute Gasteiger partial charge is 0.440 e. The molecule has 1 aliphatic heterocycles. The number of para-hydroxylation sites is 2. The lowest BCUT2D eigenvalue weighted by Crippen LogP contribution is -2.33. The third-order valence-electron chi connectivity index (χ3n) is 4.98. The Kier molecular flexibility index (Phi) is 4.29. The number of aryl methyl sites for hydroxylation is 1. The van der Waals surface area contributed by atoms with Gasteiger partial charge in [0.1, 0.15) is 17.3 Å². The van der Waals surface area contributed by atoms with E-state index >= 15 is 0 Å². The fraction of sp³-hybridized carbons (Fsp3) is 0.400. The third kappa shape index (κ3) is 3.18. The summed E-state index contributed by atoms with van der Waals surface area (Å²) in [5.74, 6) is 1.19. The van der Waals surface area contributed by atoms with Gasteiger partial charge in [-0.15, -0.1) is 0 Å². The summed E-state index contributed by atoms with van der Waals surface area (Å²) in [5, 5.41) is 9.22. The summed E-state index contributed by atoms with van der Waals surface area (Å²) in [4.78, 5) is 7.13. The fourth-order valence-electron chi connectivity index (χ4n) is 3.73. The van der Waals surface area contributed by atoms with Crippen molar-refractivity contribution in [2.24, 2.45) is 0 Å². The molecule has 0 aliphatic carbocycles. The predicted molar refractivity (Wildman–Crippen MR) is 96.1 cm³/mol. The first-order valence-corrected chi connectivity index (χ1v) is 8.93. The van der Waals surface area contributed by atoms with Gasteiger partial charge in [-0.05, 0) is 50.1 Å². The number of fused-ring (bicyclic) bond motifs is 1. The van der Waals surface area contributed by atoms with Crippen LogP contribution in [0.25, 0.3) is 11.1 Å². The molecule has 0 bridgehead atoms. The third-order valence-corrected chi connectivity index (χ3v) is 4.98. The van der Waals surface area contributed by atoms with Crippen molar-refractivity contribution in [2.75, 3.05) is 13.1 Å². The molecule has 1 aliphatic rings. The van der Waals surface area contributed by atoms with Gasteiger partial charge in [0.2, 0.25) is 0 Å². The molecule has 3 aromatic rings. The second kappa shape index (κ2) is 6.73. The molecule has 25 heavy (non-hydrogen) atoms. The summed E-state index contributed by atoms with van der Waals surface area (Å²) in [6, 6.07) is 12.2. The molecule has 5 heteroatoms. The first-order valence-electron chi connectivity index (χ1n) is 8.93. The van der Waals surface area contributed by atoms with E-state index in [0.717, 1.165) is 61.7 Å². The van der Waals surface area contributed by atoms with Crippen LogP contribution in [0.5, 0.6) is 0 Å². The van der Waals surface area contributed by atoms with E-state index in [-0.39, 0.29) is 0 Å². The summed E-state index contributed by atoms with van der Waals surface area (Å²) in [6.45, 7) is 5.80. The molecule has 1 fully saturated rings. The van der Waals surface area contributed by atoms with E-state index in [2.05, 4.69) is 29.1 Å². The van der Waals surface area contributed by atoms with Crippen LogP contribution >= 0.6 is 0 Å². The molecule has 2 aromatic heterocycles. The van der Waals surface area contributed by atoms with Crippen LogP contribution in [0.1, 0.15) is 42.8 Å². The molecule has 0 N–H and O–H groups in total. The van der Waals surface area contributed by atoms with Crippen molar-refractivity contribution in [1.82, 2.24) is 14.5 Å². The number of hydrogen-bond donors (Lipinski definition) is 0. The standard InChI is InChI=1S/C20H22N4O/c1-2-24-13-15(10-17(24)11-21)12-23-9-5-6-16(14-23)20-22-18-7-3-4-8-19(18)25-20/h3-4,7-8,10,13,16H,2,5-6,9,12,14H2,1H3. The number of piperidine rings is 1. The van der Waals surface area contributed by atoms with E-state index in [9.17, 15) is 5.26 Å². The highest BCUT2D eigenvalue weighted by Gasteiger charge is 2.25. The maximum atomic E-state index is 9.22. The first kappa shape index (κ1) is 15.9. The van der Waals surface area contributed by atoms with Crippen molar-refractivity contribution in [1.29, 1.82) is 5.26 Å². The van der Waals surface area contributed by atoms with Gasteiger partial charge >= 0.3 is 0 Å². The van der Waals surface area contributed by atoms with Crippen LogP contribution in [0.2, 0.25) is 0 Å². The molecular weight excluding hydrogens is 312 g/mol. The molecule has 1 unspecified atom stereocenters. The van der Waals surface area contributed by atoms with Crippen LogP contribution in [-0.2, 0) is 13.1 Å². The number of aromatic nitrogens is 2. The van der Waals surface area contributed by atoms with Crippen LogP contribution in [-0.4, -0.2) is 27.5 Å². The van der Waals surface area contributed by atoms with E-state index in [1.54, 1.807) is 0 Å². The molecule has 4 rings (SSSR count). The molecule has 0 amide bonds. The second-order valence-corrected chi connectivity index (χ2v) is 6.73. The van der Waals surface area contributed by atoms with E-state index in [0.29, 0.717) is 5.92 Å². The summed E-state index contributed by atoms with van der Waals surface area (Å²) in [6.07, 6.45) is 4.35. The van der Waals surface area contributed by atoms with Gasteiger partial charge in [0, 0.05) is 31.7 Å². The van der Waals surface area contributed by atoms with Crippen LogP contribution in [0.3, 0.4) is 0 Å². The zero-order valence-corrected chi connectivity index (χ0v) is 14.5. The summed E-state index contributed by atoms with van der Waals surface area (Å²) >= 11 is 0. The lowest BCUT2D eigenvalue weighted by Gasteiger charge is -2.30. The maximum Gasteiger partial charge on any atom is 0.199 e. The molecule has 1 aromatic carbocycles. The Labute approximate surface area is 147 Å². The van der Waals surface area contributed by atoms with Crippen molar-refractivity contribution in [3.63, 3.8) is 0 Å². The smallest absolute Gasteiger partial charge is 0.199 e. The number of benzene rings is 1. The quantitative estimate of drug-likeness (QED) is 0.726. The topological polar surface area (TPSA) is 58.0 Å². The highest BCUT2D eigenvalue weighted by atomic mass is 16.3. The zero-order chi connectivity index (χ0) is 17.2. The number of oxazole rings is 1. The Balaban J connectivity index is 1.49. The van der Waals surface area contributed by atoms with E-state index in [1.165, 1.54) is 5.56 Å². The molecule has 3 heterocycles. The average Bonchev–Trinajstić information content (AvgIpc) is 3.25. The minimum Gasteiger partial charge on any atom is -0.440 e. The van der Waals surface area contributed by atoms with Crippen LogP contribution in [0.4, 0.5) is 0 Å². The number of rotatable bonds is 4. The molecule has 128 valence electrons. The maximum absolute atomic E-state index is 9.22. The van der Waals surface area contributed by atoms with Crippen LogP contribution in [0.15, 0.2) is 40.9 Å². The van der Waals surface area contributed by atoms with Crippen molar-refractivity contribution >= 4 is 11.1 Å². The van der Waals surface area contributed by atoms with Gasteiger partial charge in [-0.3, -0.25) is 4.90 Å². The van der Waals surface area contributed by atoms with Gasteiger partial charge in [0.15, 0.2) is 11.5 Å². The normalized spacial score (nSPS) is 18.5. The van der Waals surface area contributed by atoms with E-state index in [4.69, 9.17) is 4.42 Å². The van der Waals surface area contributed by atoms with E-state index < -0.39 is 0 Å². The number of likely N-dealkylation sites (tertiary alicyclic amines) is 1. The molecule has 5 nitrogen and oxygen atoms in total. The van der Waals surface area contributed by atoms with Crippen molar-refractivity contribution in [2.45, 2.75) is 38.8 Å². The Hall–Kier alpha value is -2.58. The summed E-state index contributed by atoms with van der Waals surface area (Å²) in [5.41, 5.74) is 3.75. The van der Waals surface area contributed by atoms with Crippen molar-refractivity contribution in [3.8, 4) is 6.07 Å². The summed E-state index contributed by atoms with van der Waals surface area (Å²) in [7, 11) is 0. The van der Waals surface area contributed by atoms with Gasteiger partial charge in [0.05, 0.1) is 0 Å². The van der Waals surface area contributed by atoms with Gasteiger partial charge in [-0.25, -0.2) is 4.98 Å². The Bertz CT molecular complexity index is 884. The molecular formula is C20H22N4O. The van der Waals surface area contributed by atoms with Crippen LogP contribution in [0, 0.1) is 11.3 Å². The van der Waals surface area contributed by atoms with Gasteiger partial charge in [0.25, 0.3) is 0 Å². The Morgan fingerprint density at radius 1 is 1.36 bits per heavy atom. The molecule has 1 saturated heterocycles. The molecule has 1 atom stereocenters. The number of nitriles is 1. The number of hydrogen-bond acceptors (Lipinski definition) is 4. The molecule has 0 spiro atoms. The van der Waals surface area contributed by atoms with Gasteiger partial charge in [-0.1, -0.05) is 12.1 Å². The predicted octanol–water partition coefficient (Wildman–Crippen LogP) is 3.90.